The molecule has 1 nitrogen and oxygen atoms in total. The highest BCUT2D eigenvalue weighted by Gasteiger charge is 2.12. The van der Waals surface area contributed by atoms with Crippen LogP contribution in [0.4, 0.5) is 0 Å². The molecule has 3 heteroatoms. The van der Waals surface area contributed by atoms with Crippen molar-refractivity contribution in [2.45, 2.75) is 19.8 Å². The maximum absolute atomic E-state index is 9.61. The van der Waals surface area contributed by atoms with E-state index in [9.17, 15) is 5.11 Å². The summed E-state index contributed by atoms with van der Waals surface area (Å²) in [5, 5.41) is 10.4. The molecule has 2 aromatic rings. The summed E-state index contributed by atoms with van der Waals surface area (Å²) in [6.45, 7) is 2.25. The number of rotatable bonds is 5. The predicted molar refractivity (Wildman–Crippen MR) is 88.3 cm³/mol. The summed E-state index contributed by atoms with van der Waals surface area (Å²) in [6.07, 6.45) is 1.65. The fourth-order valence-corrected chi connectivity index (χ4v) is 3.12. The van der Waals surface area contributed by atoms with E-state index in [0.29, 0.717) is 0 Å². The third-order valence-corrected chi connectivity index (χ3v) is 4.23. The van der Waals surface area contributed by atoms with Crippen LogP contribution in [0.5, 0.6) is 0 Å². The largest absolute Gasteiger partial charge is 0.396 e. The van der Waals surface area contributed by atoms with E-state index in [1.807, 2.05) is 18.2 Å². The lowest BCUT2D eigenvalue weighted by Gasteiger charge is -2.16. The molecule has 0 saturated carbocycles. The van der Waals surface area contributed by atoms with Crippen LogP contribution in [0.3, 0.4) is 0 Å². The SMILES string of the molecule is Cc1cccc(CC(CO)Cc2ccc(Br)cc2Cl)c1. The van der Waals surface area contributed by atoms with Gasteiger partial charge in [0.2, 0.25) is 0 Å². The number of aliphatic hydroxyl groups excluding tert-OH is 1. The number of hydrogen-bond acceptors (Lipinski definition) is 1. The van der Waals surface area contributed by atoms with Crippen molar-refractivity contribution in [2.24, 2.45) is 5.92 Å². The zero-order valence-electron chi connectivity index (χ0n) is 11.4. The highest BCUT2D eigenvalue weighted by atomic mass is 79.9. The Balaban J connectivity index is 2.09. The van der Waals surface area contributed by atoms with E-state index >= 15 is 0 Å². The minimum Gasteiger partial charge on any atom is -0.396 e. The molecule has 1 unspecified atom stereocenters. The molecule has 0 aliphatic heterocycles. The van der Waals surface area contributed by atoms with Crippen LogP contribution in [-0.4, -0.2) is 11.7 Å². The molecule has 1 atom stereocenters. The fraction of sp³-hybridized carbons (Fsp3) is 0.294. The second-order valence-electron chi connectivity index (χ2n) is 5.18. The normalized spacial score (nSPS) is 12.4. The molecule has 0 amide bonds. The molecule has 2 aromatic carbocycles. The highest BCUT2D eigenvalue weighted by Crippen LogP contribution is 2.25. The topological polar surface area (TPSA) is 20.2 Å². The van der Waals surface area contributed by atoms with Crippen LogP contribution in [0.1, 0.15) is 16.7 Å². The minimum absolute atomic E-state index is 0.167. The predicted octanol–water partition coefficient (Wildman–Crippen LogP) is 4.80. The first-order chi connectivity index (χ1) is 9.58. The second kappa shape index (κ2) is 7.26. The van der Waals surface area contributed by atoms with Gasteiger partial charge in [0.15, 0.2) is 0 Å². The number of aryl methyl sites for hydroxylation is 1. The summed E-state index contributed by atoms with van der Waals surface area (Å²) in [5.41, 5.74) is 3.60. The quantitative estimate of drug-likeness (QED) is 0.818. The molecule has 0 heterocycles. The first-order valence-corrected chi connectivity index (χ1v) is 7.86. The van der Waals surface area contributed by atoms with Crippen LogP contribution in [0.15, 0.2) is 46.9 Å². The van der Waals surface area contributed by atoms with Crippen molar-refractivity contribution < 1.29 is 5.11 Å². The van der Waals surface area contributed by atoms with E-state index in [4.69, 9.17) is 11.6 Å². The van der Waals surface area contributed by atoms with Crippen molar-refractivity contribution >= 4 is 27.5 Å². The van der Waals surface area contributed by atoms with Crippen LogP contribution in [0.25, 0.3) is 0 Å². The van der Waals surface area contributed by atoms with Gasteiger partial charge in [-0.2, -0.15) is 0 Å². The van der Waals surface area contributed by atoms with Gasteiger partial charge in [0.05, 0.1) is 0 Å². The van der Waals surface area contributed by atoms with Gasteiger partial charge in [0, 0.05) is 16.1 Å². The Bertz CT molecular complexity index is 583. The molecule has 20 heavy (non-hydrogen) atoms. The van der Waals surface area contributed by atoms with Crippen molar-refractivity contribution in [3.63, 3.8) is 0 Å². The Morgan fingerprint density at radius 1 is 1.15 bits per heavy atom. The third kappa shape index (κ3) is 4.34. The average molecular weight is 354 g/mol. The standard InChI is InChI=1S/C17H18BrClO/c1-12-3-2-4-13(7-12)8-14(11-20)9-15-5-6-16(18)10-17(15)19/h2-7,10,14,20H,8-9,11H2,1H3. The van der Waals surface area contributed by atoms with Gasteiger partial charge in [0.1, 0.15) is 0 Å². The van der Waals surface area contributed by atoms with Crippen LogP contribution in [0, 0.1) is 12.8 Å². The van der Waals surface area contributed by atoms with Gasteiger partial charge in [0.25, 0.3) is 0 Å². The lowest BCUT2D eigenvalue weighted by molar-refractivity contribution is 0.225. The molecule has 0 saturated heterocycles. The second-order valence-corrected chi connectivity index (χ2v) is 6.50. The molecule has 2 rings (SSSR count). The first-order valence-electron chi connectivity index (χ1n) is 6.69. The Hall–Kier alpha value is -0.830. The molecule has 0 aromatic heterocycles. The van der Waals surface area contributed by atoms with E-state index in [2.05, 4.69) is 47.1 Å². The number of halogens is 2. The molecule has 0 bridgehead atoms. The maximum Gasteiger partial charge on any atom is 0.0465 e. The molecular weight excluding hydrogens is 336 g/mol. The van der Waals surface area contributed by atoms with Crippen LogP contribution < -0.4 is 0 Å². The lowest BCUT2D eigenvalue weighted by Crippen LogP contribution is -2.13. The van der Waals surface area contributed by atoms with Crippen molar-refractivity contribution in [1.82, 2.24) is 0 Å². The summed E-state index contributed by atoms with van der Waals surface area (Å²) in [5.74, 6) is 0.190. The van der Waals surface area contributed by atoms with Gasteiger partial charge in [-0.1, -0.05) is 63.4 Å². The monoisotopic (exact) mass is 352 g/mol. The van der Waals surface area contributed by atoms with Gasteiger partial charge in [-0.3, -0.25) is 0 Å². The zero-order chi connectivity index (χ0) is 14.5. The van der Waals surface area contributed by atoms with Gasteiger partial charge in [-0.05, 0) is 48.9 Å². The van der Waals surface area contributed by atoms with Gasteiger partial charge in [-0.15, -0.1) is 0 Å². The molecule has 0 fully saturated rings. The Kier molecular flexibility index (Phi) is 5.64. The Morgan fingerprint density at radius 3 is 2.60 bits per heavy atom. The first kappa shape index (κ1) is 15.6. The molecular formula is C17H18BrClO. The molecule has 0 aliphatic rings. The van der Waals surface area contributed by atoms with Gasteiger partial charge >= 0.3 is 0 Å². The molecule has 1 N–H and O–H groups in total. The number of aliphatic hydroxyl groups is 1. The average Bonchev–Trinajstić information content (AvgIpc) is 2.41. The van der Waals surface area contributed by atoms with Crippen molar-refractivity contribution in [3.8, 4) is 0 Å². The zero-order valence-corrected chi connectivity index (χ0v) is 13.8. The molecule has 0 aliphatic carbocycles. The molecule has 0 spiro atoms. The minimum atomic E-state index is 0.167. The summed E-state index contributed by atoms with van der Waals surface area (Å²) < 4.78 is 0.977. The highest BCUT2D eigenvalue weighted by molar-refractivity contribution is 9.10. The van der Waals surface area contributed by atoms with E-state index in [1.54, 1.807) is 0 Å². The van der Waals surface area contributed by atoms with Crippen LogP contribution in [0.2, 0.25) is 5.02 Å². The maximum atomic E-state index is 9.61. The number of benzene rings is 2. The Labute approximate surface area is 133 Å². The summed E-state index contributed by atoms with van der Waals surface area (Å²) in [4.78, 5) is 0. The van der Waals surface area contributed by atoms with Gasteiger partial charge in [-0.25, -0.2) is 0 Å². The van der Waals surface area contributed by atoms with E-state index in [1.165, 1.54) is 11.1 Å². The number of hydrogen-bond donors (Lipinski definition) is 1. The molecule has 106 valence electrons. The van der Waals surface area contributed by atoms with Crippen molar-refractivity contribution in [3.05, 3.63) is 68.7 Å². The van der Waals surface area contributed by atoms with Crippen molar-refractivity contribution in [2.75, 3.05) is 6.61 Å². The van der Waals surface area contributed by atoms with E-state index in [-0.39, 0.29) is 12.5 Å². The third-order valence-electron chi connectivity index (χ3n) is 3.39. The summed E-state index contributed by atoms with van der Waals surface area (Å²) >= 11 is 9.65. The Morgan fingerprint density at radius 2 is 1.95 bits per heavy atom. The molecule has 0 radical (unpaired) electrons. The smallest absolute Gasteiger partial charge is 0.0465 e. The van der Waals surface area contributed by atoms with E-state index in [0.717, 1.165) is 27.9 Å². The van der Waals surface area contributed by atoms with Crippen molar-refractivity contribution in [1.29, 1.82) is 0 Å². The van der Waals surface area contributed by atoms with Gasteiger partial charge < -0.3 is 5.11 Å². The fourth-order valence-electron chi connectivity index (χ4n) is 2.37. The van der Waals surface area contributed by atoms with Crippen LogP contribution in [-0.2, 0) is 12.8 Å². The summed E-state index contributed by atoms with van der Waals surface area (Å²) in [6, 6.07) is 14.3. The lowest BCUT2D eigenvalue weighted by atomic mass is 9.92. The van der Waals surface area contributed by atoms with Crippen LogP contribution >= 0.6 is 27.5 Å². The summed E-state index contributed by atoms with van der Waals surface area (Å²) in [7, 11) is 0. The van der Waals surface area contributed by atoms with E-state index < -0.39 is 0 Å².